The second kappa shape index (κ2) is 7.57. The summed E-state index contributed by atoms with van der Waals surface area (Å²) in [5.74, 6) is 1.00. The van der Waals surface area contributed by atoms with Crippen LogP contribution in [0.1, 0.15) is 26.1 Å². The largest absolute Gasteiger partial charge is 0.376 e. The van der Waals surface area contributed by atoms with E-state index in [4.69, 9.17) is 9.47 Å². The summed E-state index contributed by atoms with van der Waals surface area (Å²) in [6, 6.07) is 0.231. The molecule has 2 atom stereocenters. The van der Waals surface area contributed by atoms with Crippen molar-refractivity contribution in [2.75, 3.05) is 26.4 Å². The summed E-state index contributed by atoms with van der Waals surface area (Å²) in [5.41, 5.74) is 0. The van der Waals surface area contributed by atoms with Crippen LogP contribution < -0.4 is 5.32 Å². The number of hydrogen-bond acceptors (Lipinski definition) is 5. The van der Waals surface area contributed by atoms with E-state index in [0.29, 0.717) is 19.8 Å². The number of aromatic nitrogens is 3. The molecule has 0 aliphatic carbocycles. The highest BCUT2D eigenvalue weighted by atomic mass is 16.6. The Hall–Kier alpha value is -0.980. The summed E-state index contributed by atoms with van der Waals surface area (Å²) in [6.07, 6.45) is 3.64. The maximum atomic E-state index is 5.81. The van der Waals surface area contributed by atoms with Crippen LogP contribution in [0.25, 0.3) is 0 Å². The smallest absolute Gasteiger partial charge is 0.138 e. The molecule has 0 saturated carbocycles. The zero-order valence-corrected chi connectivity index (χ0v) is 11.8. The van der Waals surface area contributed by atoms with Gasteiger partial charge in [0, 0.05) is 19.0 Å². The van der Waals surface area contributed by atoms with Crippen LogP contribution in [0, 0.1) is 0 Å². The molecule has 1 aliphatic heterocycles. The van der Waals surface area contributed by atoms with Gasteiger partial charge in [-0.1, -0.05) is 6.92 Å². The minimum absolute atomic E-state index is 0.0994. The monoisotopic (exact) mass is 268 g/mol. The first-order valence-electron chi connectivity index (χ1n) is 7.14. The zero-order chi connectivity index (χ0) is 13.5. The summed E-state index contributed by atoms with van der Waals surface area (Å²) in [5, 5.41) is 7.76. The van der Waals surface area contributed by atoms with Gasteiger partial charge < -0.3 is 14.8 Å². The van der Waals surface area contributed by atoms with Crippen LogP contribution in [0.4, 0.5) is 0 Å². The lowest BCUT2D eigenvalue weighted by Crippen LogP contribution is -2.48. The van der Waals surface area contributed by atoms with E-state index >= 15 is 0 Å². The summed E-state index contributed by atoms with van der Waals surface area (Å²) >= 11 is 0. The van der Waals surface area contributed by atoms with Crippen molar-refractivity contribution in [3.63, 3.8) is 0 Å². The Labute approximate surface area is 114 Å². The second-order valence-corrected chi connectivity index (χ2v) is 4.74. The molecular weight excluding hydrogens is 244 g/mol. The quantitative estimate of drug-likeness (QED) is 0.785. The summed E-state index contributed by atoms with van der Waals surface area (Å²) in [7, 11) is 0. The van der Waals surface area contributed by atoms with E-state index < -0.39 is 0 Å². The Morgan fingerprint density at radius 1 is 1.47 bits per heavy atom. The molecule has 1 N–H and O–H groups in total. The molecule has 0 spiro atoms. The molecule has 1 fully saturated rings. The Morgan fingerprint density at radius 2 is 2.37 bits per heavy atom. The van der Waals surface area contributed by atoms with Crippen molar-refractivity contribution in [2.24, 2.45) is 0 Å². The van der Waals surface area contributed by atoms with Crippen LogP contribution in [-0.4, -0.2) is 53.3 Å². The van der Waals surface area contributed by atoms with Crippen LogP contribution in [-0.2, 0) is 22.4 Å². The molecule has 6 heteroatoms. The first-order chi connectivity index (χ1) is 9.35. The van der Waals surface area contributed by atoms with E-state index in [1.807, 2.05) is 4.68 Å². The lowest BCUT2D eigenvalue weighted by atomic mass is 10.1. The molecule has 0 radical (unpaired) electrons. The fourth-order valence-electron chi connectivity index (χ4n) is 2.31. The van der Waals surface area contributed by atoms with E-state index in [9.17, 15) is 0 Å². The second-order valence-electron chi connectivity index (χ2n) is 4.74. The average Bonchev–Trinajstić information content (AvgIpc) is 2.91. The molecule has 6 nitrogen and oxygen atoms in total. The molecular formula is C13H24N4O2. The van der Waals surface area contributed by atoms with Crippen molar-refractivity contribution in [2.45, 2.75) is 45.4 Å². The van der Waals surface area contributed by atoms with Crippen LogP contribution >= 0.6 is 0 Å². The third kappa shape index (κ3) is 3.99. The highest BCUT2D eigenvalue weighted by molar-refractivity contribution is 4.93. The Bertz CT molecular complexity index is 363. The number of hydrogen-bond donors (Lipinski definition) is 1. The maximum absolute atomic E-state index is 5.81. The number of rotatable bonds is 7. The number of nitrogens with zero attached hydrogens (tertiary/aromatic N) is 3. The highest BCUT2D eigenvalue weighted by Gasteiger charge is 2.26. The van der Waals surface area contributed by atoms with Gasteiger partial charge in [-0.3, -0.25) is 4.68 Å². The molecule has 1 saturated heterocycles. The van der Waals surface area contributed by atoms with Gasteiger partial charge in [-0.05, 0) is 19.9 Å². The topological polar surface area (TPSA) is 61.2 Å². The maximum Gasteiger partial charge on any atom is 0.138 e. The summed E-state index contributed by atoms with van der Waals surface area (Å²) < 4.78 is 13.3. The van der Waals surface area contributed by atoms with Crippen molar-refractivity contribution >= 4 is 0 Å². The predicted molar refractivity (Wildman–Crippen MR) is 72.0 cm³/mol. The standard InChI is InChI=1S/C13H24N4O2/c1-3-5-14-11(12-9-18-6-7-19-12)8-13-15-10-16-17(13)4-2/h10-12,14H,3-9H2,1-2H3. The van der Waals surface area contributed by atoms with Gasteiger partial charge in [0.2, 0.25) is 0 Å². The number of ether oxygens (including phenoxy) is 2. The van der Waals surface area contributed by atoms with Gasteiger partial charge in [0.1, 0.15) is 12.2 Å². The van der Waals surface area contributed by atoms with Gasteiger partial charge in [-0.25, -0.2) is 4.98 Å². The van der Waals surface area contributed by atoms with Crippen molar-refractivity contribution < 1.29 is 9.47 Å². The Kier molecular flexibility index (Phi) is 5.75. The fourth-order valence-corrected chi connectivity index (χ4v) is 2.31. The fraction of sp³-hybridized carbons (Fsp3) is 0.846. The summed E-state index contributed by atoms with van der Waals surface area (Å²) in [6.45, 7) is 8.09. The van der Waals surface area contributed by atoms with Gasteiger partial charge in [-0.15, -0.1) is 0 Å². The molecule has 0 amide bonds. The third-order valence-corrected chi connectivity index (χ3v) is 3.34. The number of aryl methyl sites for hydroxylation is 1. The molecule has 0 aromatic carbocycles. The van der Waals surface area contributed by atoms with Crippen LogP contribution in [0.3, 0.4) is 0 Å². The minimum atomic E-state index is 0.0994. The molecule has 2 rings (SSSR count). The van der Waals surface area contributed by atoms with Crippen molar-refractivity contribution in [3.05, 3.63) is 12.2 Å². The molecule has 0 bridgehead atoms. The molecule has 108 valence electrons. The van der Waals surface area contributed by atoms with Crippen molar-refractivity contribution in [1.82, 2.24) is 20.1 Å². The van der Waals surface area contributed by atoms with E-state index in [1.165, 1.54) is 0 Å². The van der Waals surface area contributed by atoms with Crippen LogP contribution in [0.2, 0.25) is 0 Å². The lowest BCUT2D eigenvalue weighted by Gasteiger charge is -2.31. The first-order valence-corrected chi connectivity index (χ1v) is 7.14. The van der Waals surface area contributed by atoms with E-state index in [0.717, 1.165) is 31.8 Å². The summed E-state index contributed by atoms with van der Waals surface area (Å²) in [4.78, 5) is 4.35. The van der Waals surface area contributed by atoms with Gasteiger partial charge in [0.15, 0.2) is 0 Å². The Balaban J connectivity index is 1.99. The van der Waals surface area contributed by atoms with Gasteiger partial charge >= 0.3 is 0 Å². The van der Waals surface area contributed by atoms with Gasteiger partial charge in [0.05, 0.1) is 25.9 Å². The van der Waals surface area contributed by atoms with Gasteiger partial charge in [-0.2, -0.15) is 5.10 Å². The zero-order valence-electron chi connectivity index (χ0n) is 11.8. The molecule has 19 heavy (non-hydrogen) atoms. The van der Waals surface area contributed by atoms with Crippen LogP contribution in [0.15, 0.2) is 6.33 Å². The van der Waals surface area contributed by atoms with Gasteiger partial charge in [0.25, 0.3) is 0 Å². The minimum Gasteiger partial charge on any atom is -0.376 e. The average molecular weight is 268 g/mol. The van der Waals surface area contributed by atoms with E-state index in [2.05, 4.69) is 29.2 Å². The molecule has 1 aromatic heterocycles. The SMILES string of the molecule is CCCNC(Cc1ncnn1CC)C1COCCO1. The van der Waals surface area contributed by atoms with E-state index in [1.54, 1.807) is 6.33 Å². The first kappa shape index (κ1) is 14.4. The molecule has 1 aliphatic rings. The molecule has 2 unspecified atom stereocenters. The number of nitrogens with one attached hydrogen (secondary N) is 1. The molecule has 2 heterocycles. The Morgan fingerprint density at radius 3 is 3.05 bits per heavy atom. The van der Waals surface area contributed by atoms with E-state index in [-0.39, 0.29) is 12.1 Å². The lowest BCUT2D eigenvalue weighted by molar-refractivity contribution is -0.101. The highest BCUT2D eigenvalue weighted by Crippen LogP contribution is 2.11. The van der Waals surface area contributed by atoms with Crippen LogP contribution in [0.5, 0.6) is 0 Å². The predicted octanol–water partition coefficient (Wildman–Crippen LogP) is 0.624. The third-order valence-electron chi connectivity index (χ3n) is 3.34. The van der Waals surface area contributed by atoms with Crippen molar-refractivity contribution in [1.29, 1.82) is 0 Å². The molecule has 1 aromatic rings. The van der Waals surface area contributed by atoms with Crippen molar-refractivity contribution in [3.8, 4) is 0 Å². The normalized spacial score (nSPS) is 21.5.